The van der Waals surface area contributed by atoms with Crippen LogP contribution in [-0.2, 0) is 11.2 Å². The molecule has 1 unspecified atom stereocenters. The van der Waals surface area contributed by atoms with Gasteiger partial charge < -0.3 is 10.2 Å². The average molecular weight is 270 g/mol. The normalized spacial score (nSPS) is 11.8. The molecular formula is C10H10N2O7. The van der Waals surface area contributed by atoms with Gasteiger partial charge in [0.2, 0.25) is 0 Å². The molecule has 0 saturated carbocycles. The summed E-state index contributed by atoms with van der Waals surface area (Å²) in [6.45, 7) is -0.765. The maximum atomic E-state index is 10.8. The first-order chi connectivity index (χ1) is 8.88. The largest absolute Gasteiger partial charge is 0.481 e. The number of aliphatic hydroxyl groups is 1. The summed E-state index contributed by atoms with van der Waals surface area (Å²) in [5.74, 6) is -2.71. The van der Waals surface area contributed by atoms with Crippen molar-refractivity contribution in [1.29, 1.82) is 0 Å². The molecule has 0 saturated heterocycles. The Morgan fingerprint density at radius 2 is 1.68 bits per heavy atom. The fourth-order valence-electron chi connectivity index (χ4n) is 1.59. The van der Waals surface area contributed by atoms with Crippen LogP contribution in [0.1, 0.15) is 5.56 Å². The van der Waals surface area contributed by atoms with E-state index in [1.54, 1.807) is 0 Å². The van der Waals surface area contributed by atoms with Crippen molar-refractivity contribution in [2.75, 3.05) is 6.61 Å². The van der Waals surface area contributed by atoms with Gasteiger partial charge in [-0.15, -0.1) is 0 Å². The lowest BCUT2D eigenvalue weighted by Crippen LogP contribution is -2.21. The molecule has 9 nitrogen and oxygen atoms in total. The van der Waals surface area contributed by atoms with Crippen LogP contribution in [0.5, 0.6) is 0 Å². The maximum absolute atomic E-state index is 10.8. The van der Waals surface area contributed by atoms with Gasteiger partial charge in [0.1, 0.15) is 5.56 Å². The number of carboxylic acids is 1. The van der Waals surface area contributed by atoms with E-state index < -0.39 is 46.1 Å². The van der Waals surface area contributed by atoms with Crippen molar-refractivity contribution in [3.63, 3.8) is 0 Å². The summed E-state index contributed by atoms with van der Waals surface area (Å²) in [7, 11) is 0. The summed E-state index contributed by atoms with van der Waals surface area (Å²) < 4.78 is 0. The number of hydrogen-bond donors (Lipinski definition) is 2. The Bertz CT molecular complexity index is 496. The van der Waals surface area contributed by atoms with Crippen molar-refractivity contribution in [2.45, 2.75) is 6.42 Å². The number of benzene rings is 1. The highest BCUT2D eigenvalue weighted by Crippen LogP contribution is 2.30. The third-order valence-electron chi connectivity index (χ3n) is 2.54. The highest BCUT2D eigenvalue weighted by atomic mass is 16.6. The molecule has 0 spiro atoms. The molecule has 0 bridgehead atoms. The van der Waals surface area contributed by atoms with Gasteiger partial charge in [-0.3, -0.25) is 25.0 Å². The number of carboxylic acid groups (broad SMARTS) is 1. The Kier molecular flexibility index (Phi) is 4.48. The van der Waals surface area contributed by atoms with Crippen LogP contribution in [0, 0.1) is 26.1 Å². The highest BCUT2D eigenvalue weighted by Gasteiger charge is 2.29. The van der Waals surface area contributed by atoms with E-state index >= 15 is 0 Å². The summed E-state index contributed by atoms with van der Waals surface area (Å²) in [4.78, 5) is 30.8. The summed E-state index contributed by atoms with van der Waals surface area (Å²) in [6, 6.07) is 3.26. The van der Waals surface area contributed by atoms with E-state index in [4.69, 9.17) is 10.2 Å². The van der Waals surface area contributed by atoms with Crippen LogP contribution < -0.4 is 0 Å². The predicted molar refractivity (Wildman–Crippen MR) is 61.7 cm³/mol. The molecule has 1 aromatic carbocycles. The molecule has 0 amide bonds. The Hall–Kier alpha value is -2.55. The zero-order chi connectivity index (χ0) is 14.6. The lowest BCUT2D eigenvalue weighted by molar-refractivity contribution is -0.395. The van der Waals surface area contributed by atoms with E-state index in [-0.39, 0.29) is 5.56 Å². The second kappa shape index (κ2) is 5.87. The second-order valence-electron chi connectivity index (χ2n) is 3.71. The Morgan fingerprint density at radius 1 is 1.21 bits per heavy atom. The van der Waals surface area contributed by atoms with Crippen molar-refractivity contribution in [3.05, 3.63) is 44.0 Å². The predicted octanol–water partition coefficient (Wildman–Crippen LogP) is 0.739. The zero-order valence-electron chi connectivity index (χ0n) is 9.55. The molecule has 0 aliphatic carbocycles. The lowest BCUT2D eigenvalue weighted by atomic mass is 9.97. The minimum atomic E-state index is -1.38. The van der Waals surface area contributed by atoms with Crippen LogP contribution in [0.25, 0.3) is 0 Å². The molecule has 1 rings (SSSR count). The molecule has 2 N–H and O–H groups in total. The standard InChI is InChI=1S/C10H10N2O7/c13-5-6(10(14)15)4-7-8(11(16)17)2-1-3-9(7)12(18)19/h1-3,6,13H,4-5H2,(H,14,15). The number of carbonyl (C=O) groups is 1. The van der Waals surface area contributed by atoms with E-state index in [1.807, 2.05) is 0 Å². The van der Waals surface area contributed by atoms with Gasteiger partial charge in [0.15, 0.2) is 0 Å². The molecule has 9 heteroatoms. The van der Waals surface area contributed by atoms with Crippen molar-refractivity contribution in [2.24, 2.45) is 5.92 Å². The average Bonchev–Trinajstić information content (AvgIpc) is 2.34. The molecule has 19 heavy (non-hydrogen) atoms. The summed E-state index contributed by atoms with van der Waals surface area (Å²) in [6.07, 6.45) is -0.487. The van der Waals surface area contributed by atoms with Crippen molar-refractivity contribution in [3.8, 4) is 0 Å². The van der Waals surface area contributed by atoms with Gasteiger partial charge in [-0.05, 0) is 6.07 Å². The van der Waals surface area contributed by atoms with E-state index in [0.717, 1.165) is 18.2 Å². The first-order valence-corrected chi connectivity index (χ1v) is 5.12. The number of aliphatic hydroxyl groups excluding tert-OH is 1. The SMILES string of the molecule is O=C(O)C(CO)Cc1c([N+](=O)[O-])cccc1[N+](=O)[O-]. The zero-order valence-corrected chi connectivity index (χ0v) is 9.55. The minimum Gasteiger partial charge on any atom is -0.481 e. The molecule has 102 valence electrons. The number of nitro groups is 2. The summed E-state index contributed by atoms with van der Waals surface area (Å²) in [5, 5.41) is 39.3. The molecule has 0 aliphatic rings. The van der Waals surface area contributed by atoms with Crippen LogP contribution in [-0.4, -0.2) is 32.6 Å². The molecule has 0 fully saturated rings. The van der Waals surface area contributed by atoms with Crippen molar-refractivity contribution < 1.29 is 24.9 Å². The third kappa shape index (κ3) is 3.22. The van der Waals surface area contributed by atoms with Crippen molar-refractivity contribution >= 4 is 17.3 Å². The third-order valence-corrected chi connectivity index (χ3v) is 2.54. The molecule has 1 atom stereocenters. The smallest absolute Gasteiger partial charge is 0.309 e. The highest BCUT2D eigenvalue weighted by molar-refractivity contribution is 5.71. The molecule has 0 aromatic heterocycles. The van der Waals surface area contributed by atoms with E-state index in [9.17, 15) is 25.0 Å². The first-order valence-electron chi connectivity index (χ1n) is 5.12. The van der Waals surface area contributed by atoms with Gasteiger partial charge in [0.25, 0.3) is 11.4 Å². The van der Waals surface area contributed by atoms with E-state index in [0.29, 0.717) is 0 Å². The van der Waals surface area contributed by atoms with Crippen LogP contribution in [0.4, 0.5) is 11.4 Å². The summed E-state index contributed by atoms with van der Waals surface area (Å²) >= 11 is 0. The Balaban J connectivity index is 3.32. The van der Waals surface area contributed by atoms with Gasteiger partial charge in [0, 0.05) is 18.6 Å². The Morgan fingerprint density at radius 3 is 2.00 bits per heavy atom. The quantitative estimate of drug-likeness (QED) is 0.572. The van der Waals surface area contributed by atoms with Crippen molar-refractivity contribution in [1.82, 2.24) is 0 Å². The molecule has 0 aliphatic heterocycles. The van der Waals surface area contributed by atoms with Gasteiger partial charge in [-0.2, -0.15) is 0 Å². The fourth-order valence-corrected chi connectivity index (χ4v) is 1.59. The number of hydrogen-bond acceptors (Lipinski definition) is 6. The van der Waals surface area contributed by atoms with Crippen LogP contribution in [0.15, 0.2) is 18.2 Å². The van der Waals surface area contributed by atoms with Gasteiger partial charge in [0.05, 0.1) is 22.4 Å². The number of aliphatic carboxylic acids is 1. The van der Waals surface area contributed by atoms with E-state index in [2.05, 4.69) is 0 Å². The van der Waals surface area contributed by atoms with E-state index in [1.165, 1.54) is 0 Å². The van der Waals surface area contributed by atoms with Gasteiger partial charge in [-0.25, -0.2) is 0 Å². The monoisotopic (exact) mass is 270 g/mol. The Labute approximate surface area is 106 Å². The lowest BCUT2D eigenvalue weighted by Gasteiger charge is -2.09. The number of rotatable bonds is 6. The minimum absolute atomic E-state index is 0.307. The second-order valence-corrected chi connectivity index (χ2v) is 3.71. The number of nitrogens with zero attached hydrogens (tertiary/aromatic N) is 2. The van der Waals surface area contributed by atoms with Crippen LogP contribution >= 0.6 is 0 Å². The molecule has 0 radical (unpaired) electrons. The first kappa shape index (κ1) is 14.5. The fraction of sp³-hybridized carbons (Fsp3) is 0.300. The van der Waals surface area contributed by atoms with Crippen LogP contribution in [0.3, 0.4) is 0 Å². The molecule has 1 aromatic rings. The van der Waals surface area contributed by atoms with Gasteiger partial charge >= 0.3 is 5.97 Å². The maximum Gasteiger partial charge on any atom is 0.309 e. The molecular weight excluding hydrogens is 260 g/mol. The van der Waals surface area contributed by atoms with Crippen LogP contribution in [0.2, 0.25) is 0 Å². The number of nitro benzene ring substituents is 2. The molecule has 0 heterocycles. The van der Waals surface area contributed by atoms with Gasteiger partial charge in [-0.1, -0.05) is 0 Å². The topological polar surface area (TPSA) is 144 Å². The summed E-state index contributed by atoms with van der Waals surface area (Å²) in [5.41, 5.74) is -1.37.